The summed E-state index contributed by atoms with van der Waals surface area (Å²) in [5.41, 5.74) is 4.97. The van der Waals surface area contributed by atoms with Gasteiger partial charge in [0.15, 0.2) is 5.78 Å². The zero-order chi connectivity index (χ0) is 9.54. The molecule has 70 valence electrons. The van der Waals surface area contributed by atoms with Gasteiger partial charge in [-0.1, -0.05) is 29.8 Å². The third-order valence-electron chi connectivity index (χ3n) is 3.21. The summed E-state index contributed by atoms with van der Waals surface area (Å²) >= 11 is 0. The average molecular weight is 184 g/mol. The highest BCUT2D eigenvalue weighted by Gasteiger charge is 2.28. The molecule has 0 atom stereocenters. The van der Waals surface area contributed by atoms with E-state index >= 15 is 0 Å². The number of allylic oxidation sites excluding steroid dienone is 2. The summed E-state index contributed by atoms with van der Waals surface area (Å²) < 4.78 is 0. The van der Waals surface area contributed by atoms with Gasteiger partial charge in [0.2, 0.25) is 0 Å². The maximum absolute atomic E-state index is 11.8. The molecular weight excluding hydrogens is 172 g/mol. The fraction of sp³-hybridized carbons (Fsp3) is 0.308. The quantitative estimate of drug-likeness (QED) is 0.606. The van der Waals surface area contributed by atoms with Crippen LogP contribution in [-0.4, -0.2) is 5.78 Å². The molecule has 0 N–H and O–H groups in total. The van der Waals surface area contributed by atoms with Crippen LogP contribution in [0, 0.1) is 0 Å². The summed E-state index contributed by atoms with van der Waals surface area (Å²) in [5.74, 6) is 0.358. The van der Waals surface area contributed by atoms with Crippen molar-refractivity contribution in [2.75, 3.05) is 0 Å². The summed E-state index contributed by atoms with van der Waals surface area (Å²) in [6, 6.07) is 8.31. The number of ketones is 1. The summed E-state index contributed by atoms with van der Waals surface area (Å²) in [4.78, 5) is 11.8. The second kappa shape index (κ2) is 2.81. The fourth-order valence-corrected chi connectivity index (χ4v) is 2.58. The van der Waals surface area contributed by atoms with E-state index in [1.165, 1.54) is 16.7 Å². The van der Waals surface area contributed by atoms with E-state index < -0.39 is 0 Å². The molecule has 0 bridgehead atoms. The van der Waals surface area contributed by atoms with Gasteiger partial charge in [-0.3, -0.25) is 4.79 Å². The number of carbonyl (C=O) groups is 1. The molecule has 0 aliphatic heterocycles. The lowest BCUT2D eigenvalue weighted by Crippen LogP contribution is -2.07. The van der Waals surface area contributed by atoms with Gasteiger partial charge in [-0.15, -0.1) is 0 Å². The van der Waals surface area contributed by atoms with E-state index in [2.05, 4.69) is 18.2 Å². The van der Waals surface area contributed by atoms with Crippen molar-refractivity contribution < 1.29 is 4.79 Å². The van der Waals surface area contributed by atoms with E-state index in [1.54, 1.807) is 0 Å². The molecular formula is C13H12O. The van der Waals surface area contributed by atoms with Crippen molar-refractivity contribution in [3.8, 4) is 0 Å². The van der Waals surface area contributed by atoms with Crippen molar-refractivity contribution in [3.63, 3.8) is 0 Å². The molecule has 0 saturated carbocycles. The normalized spacial score (nSPS) is 19.6. The number of hydrogen-bond acceptors (Lipinski definition) is 1. The molecule has 0 spiro atoms. The Balaban J connectivity index is 2.19. The van der Waals surface area contributed by atoms with Crippen molar-refractivity contribution in [3.05, 3.63) is 41.0 Å². The van der Waals surface area contributed by atoms with E-state index in [1.807, 2.05) is 6.07 Å². The zero-order valence-electron chi connectivity index (χ0n) is 8.05. The van der Waals surface area contributed by atoms with Crippen LogP contribution in [0.4, 0.5) is 0 Å². The van der Waals surface area contributed by atoms with Gasteiger partial charge < -0.3 is 0 Å². The van der Waals surface area contributed by atoms with Crippen LogP contribution in [-0.2, 0) is 11.2 Å². The maximum atomic E-state index is 11.8. The Morgan fingerprint density at radius 3 is 2.86 bits per heavy atom. The molecule has 0 radical (unpaired) electrons. The van der Waals surface area contributed by atoms with Crippen LogP contribution in [0.5, 0.6) is 0 Å². The Labute approximate surface area is 83.4 Å². The molecule has 1 aromatic carbocycles. The van der Waals surface area contributed by atoms with Gasteiger partial charge in [0.1, 0.15) is 0 Å². The molecule has 1 heteroatoms. The molecule has 2 aliphatic rings. The molecule has 0 amide bonds. The number of fused-ring (bicyclic) bond motifs is 2. The SMILES string of the molecule is O=C1CCCC2=C1c1ccccc1C2. The highest BCUT2D eigenvalue weighted by atomic mass is 16.1. The van der Waals surface area contributed by atoms with Gasteiger partial charge in [0, 0.05) is 12.0 Å². The second-order valence-corrected chi connectivity index (χ2v) is 4.09. The zero-order valence-corrected chi connectivity index (χ0v) is 8.05. The first-order valence-corrected chi connectivity index (χ1v) is 5.20. The van der Waals surface area contributed by atoms with E-state index in [9.17, 15) is 4.79 Å². The Hall–Kier alpha value is -1.37. The van der Waals surface area contributed by atoms with Gasteiger partial charge in [-0.25, -0.2) is 0 Å². The topological polar surface area (TPSA) is 17.1 Å². The minimum absolute atomic E-state index is 0.358. The van der Waals surface area contributed by atoms with Crippen LogP contribution in [0.1, 0.15) is 30.4 Å². The van der Waals surface area contributed by atoms with Crippen LogP contribution in [0.2, 0.25) is 0 Å². The maximum Gasteiger partial charge on any atom is 0.163 e. The summed E-state index contributed by atoms with van der Waals surface area (Å²) in [6.07, 6.45) is 3.92. The standard InChI is InChI=1S/C13H12O/c14-12-7-3-5-10-8-9-4-1-2-6-11(9)13(10)12/h1-2,4,6H,3,5,7-8H2. The van der Waals surface area contributed by atoms with Gasteiger partial charge in [0.25, 0.3) is 0 Å². The van der Waals surface area contributed by atoms with E-state index in [4.69, 9.17) is 0 Å². The van der Waals surface area contributed by atoms with Gasteiger partial charge in [-0.05, 0) is 30.4 Å². The predicted molar refractivity (Wildman–Crippen MR) is 55.9 cm³/mol. The third-order valence-corrected chi connectivity index (χ3v) is 3.21. The molecule has 2 aliphatic carbocycles. The molecule has 14 heavy (non-hydrogen) atoms. The van der Waals surface area contributed by atoms with Crippen LogP contribution in [0.15, 0.2) is 29.8 Å². The fourth-order valence-electron chi connectivity index (χ4n) is 2.58. The minimum atomic E-state index is 0.358. The lowest BCUT2D eigenvalue weighted by atomic mass is 9.91. The van der Waals surface area contributed by atoms with Crippen molar-refractivity contribution in [1.29, 1.82) is 0 Å². The highest BCUT2D eigenvalue weighted by Crippen LogP contribution is 2.39. The molecule has 0 fully saturated rings. The highest BCUT2D eigenvalue weighted by molar-refractivity contribution is 6.23. The van der Waals surface area contributed by atoms with Crippen LogP contribution in [0.25, 0.3) is 5.57 Å². The van der Waals surface area contributed by atoms with Crippen molar-refractivity contribution in [1.82, 2.24) is 0 Å². The number of hydrogen-bond donors (Lipinski definition) is 0. The largest absolute Gasteiger partial charge is 0.294 e. The van der Waals surface area contributed by atoms with E-state index in [0.29, 0.717) is 5.78 Å². The Bertz CT molecular complexity index is 440. The Morgan fingerprint density at radius 1 is 1.07 bits per heavy atom. The molecule has 0 unspecified atom stereocenters. The monoisotopic (exact) mass is 184 g/mol. The lowest BCUT2D eigenvalue weighted by Gasteiger charge is -2.12. The minimum Gasteiger partial charge on any atom is -0.294 e. The van der Waals surface area contributed by atoms with Gasteiger partial charge >= 0.3 is 0 Å². The average Bonchev–Trinajstić information content (AvgIpc) is 2.57. The van der Waals surface area contributed by atoms with Gasteiger partial charge in [-0.2, -0.15) is 0 Å². The van der Waals surface area contributed by atoms with Crippen LogP contribution < -0.4 is 0 Å². The Morgan fingerprint density at radius 2 is 1.93 bits per heavy atom. The van der Waals surface area contributed by atoms with Gasteiger partial charge in [0.05, 0.1) is 0 Å². The summed E-state index contributed by atoms with van der Waals surface area (Å²) in [7, 11) is 0. The van der Waals surface area contributed by atoms with Crippen molar-refractivity contribution in [2.24, 2.45) is 0 Å². The second-order valence-electron chi connectivity index (χ2n) is 4.09. The molecule has 0 aromatic heterocycles. The first kappa shape index (κ1) is 7.98. The molecule has 0 saturated heterocycles. The van der Waals surface area contributed by atoms with E-state index in [-0.39, 0.29) is 0 Å². The lowest BCUT2D eigenvalue weighted by molar-refractivity contribution is -0.114. The van der Waals surface area contributed by atoms with Crippen molar-refractivity contribution in [2.45, 2.75) is 25.7 Å². The predicted octanol–water partition coefficient (Wildman–Crippen LogP) is 2.75. The number of rotatable bonds is 0. The van der Waals surface area contributed by atoms with Crippen molar-refractivity contribution >= 4 is 11.4 Å². The number of carbonyl (C=O) groups excluding carboxylic acids is 1. The molecule has 1 nitrogen and oxygen atoms in total. The Kier molecular flexibility index (Phi) is 1.60. The molecule has 1 aromatic rings. The van der Waals surface area contributed by atoms with Crippen LogP contribution in [0.3, 0.4) is 0 Å². The third kappa shape index (κ3) is 0.985. The number of Topliss-reactive ketones (excluding diaryl/α,β-unsaturated/α-hetero) is 1. The molecule has 3 rings (SSSR count). The summed E-state index contributed by atoms with van der Waals surface area (Å²) in [5, 5.41) is 0. The van der Waals surface area contributed by atoms with Crippen LogP contribution >= 0.6 is 0 Å². The number of benzene rings is 1. The first-order chi connectivity index (χ1) is 6.86. The smallest absolute Gasteiger partial charge is 0.163 e. The summed E-state index contributed by atoms with van der Waals surface area (Å²) in [6.45, 7) is 0. The first-order valence-electron chi connectivity index (χ1n) is 5.20. The molecule has 0 heterocycles. The van der Waals surface area contributed by atoms with E-state index in [0.717, 1.165) is 31.3 Å².